The summed E-state index contributed by atoms with van der Waals surface area (Å²) in [6.45, 7) is 4.10. The standard InChI is InChI=1S/C21H26FN5O/c1-15-23-18(14-20(24-15)25-16-6-2-3-7-16)21(28)27-12-10-26(11-13-27)19-9-5-4-8-17(19)22/h4-5,8-9,14,16H,2-3,6-7,10-13H2,1H3,(H,23,24,25). The molecule has 4 rings (SSSR count). The van der Waals surface area contributed by atoms with E-state index in [1.807, 2.05) is 17.9 Å². The molecule has 1 saturated heterocycles. The van der Waals surface area contributed by atoms with Gasteiger partial charge in [-0.25, -0.2) is 14.4 Å². The van der Waals surface area contributed by atoms with Crippen LogP contribution >= 0.6 is 0 Å². The summed E-state index contributed by atoms with van der Waals surface area (Å²) in [5.74, 6) is 1.01. The van der Waals surface area contributed by atoms with Crippen LogP contribution in [-0.4, -0.2) is 53.0 Å². The topological polar surface area (TPSA) is 61.4 Å². The zero-order valence-electron chi connectivity index (χ0n) is 16.2. The predicted molar refractivity (Wildman–Crippen MR) is 107 cm³/mol. The number of para-hydroxylation sites is 1. The van der Waals surface area contributed by atoms with Gasteiger partial charge in [-0.2, -0.15) is 0 Å². The van der Waals surface area contributed by atoms with Crippen LogP contribution in [0.5, 0.6) is 0 Å². The maximum atomic E-state index is 14.0. The quantitative estimate of drug-likeness (QED) is 0.878. The average Bonchev–Trinajstić information content (AvgIpc) is 3.20. The van der Waals surface area contributed by atoms with Gasteiger partial charge in [0.2, 0.25) is 0 Å². The highest BCUT2D eigenvalue weighted by molar-refractivity contribution is 5.93. The highest BCUT2D eigenvalue weighted by Gasteiger charge is 2.25. The van der Waals surface area contributed by atoms with Crippen LogP contribution in [0.3, 0.4) is 0 Å². The first-order valence-electron chi connectivity index (χ1n) is 10.0. The molecule has 1 amide bonds. The zero-order chi connectivity index (χ0) is 19.5. The minimum Gasteiger partial charge on any atom is -0.367 e. The van der Waals surface area contributed by atoms with Crippen molar-refractivity contribution in [3.8, 4) is 0 Å². The largest absolute Gasteiger partial charge is 0.367 e. The van der Waals surface area contributed by atoms with Crippen molar-refractivity contribution in [1.82, 2.24) is 14.9 Å². The van der Waals surface area contributed by atoms with Crippen molar-refractivity contribution in [3.05, 3.63) is 47.7 Å². The molecule has 0 spiro atoms. The van der Waals surface area contributed by atoms with Gasteiger partial charge in [-0.15, -0.1) is 0 Å². The van der Waals surface area contributed by atoms with Crippen molar-refractivity contribution in [2.45, 2.75) is 38.6 Å². The summed E-state index contributed by atoms with van der Waals surface area (Å²) in [6.07, 6.45) is 4.76. The Morgan fingerprint density at radius 2 is 1.82 bits per heavy atom. The highest BCUT2D eigenvalue weighted by Crippen LogP contribution is 2.23. The van der Waals surface area contributed by atoms with Crippen molar-refractivity contribution in [2.24, 2.45) is 0 Å². The number of hydrogen-bond donors (Lipinski definition) is 1. The van der Waals surface area contributed by atoms with Crippen molar-refractivity contribution < 1.29 is 9.18 Å². The van der Waals surface area contributed by atoms with E-state index in [-0.39, 0.29) is 11.7 Å². The van der Waals surface area contributed by atoms with Crippen LogP contribution in [0.4, 0.5) is 15.9 Å². The summed E-state index contributed by atoms with van der Waals surface area (Å²) >= 11 is 0. The molecule has 0 bridgehead atoms. The van der Waals surface area contributed by atoms with Crippen molar-refractivity contribution >= 4 is 17.4 Å². The number of hydrogen-bond acceptors (Lipinski definition) is 5. The number of aryl methyl sites for hydroxylation is 1. The SMILES string of the molecule is Cc1nc(NC2CCCC2)cc(C(=O)N2CCN(c3ccccc3F)CC2)n1. The van der Waals surface area contributed by atoms with Crippen LogP contribution in [0.25, 0.3) is 0 Å². The fourth-order valence-corrected chi connectivity index (χ4v) is 4.05. The van der Waals surface area contributed by atoms with E-state index in [1.165, 1.54) is 18.9 Å². The molecule has 2 fully saturated rings. The van der Waals surface area contributed by atoms with Crippen LogP contribution in [0, 0.1) is 12.7 Å². The number of halogens is 1. The highest BCUT2D eigenvalue weighted by atomic mass is 19.1. The molecule has 1 aliphatic carbocycles. The van der Waals surface area contributed by atoms with E-state index in [0.717, 1.165) is 18.7 Å². The molecule has 1 aromatic carbocycles. The Morgan fingerprint density at radius 1 is 1.11 bits per heavy atom. The normalized spacial score (nSPS) is 17.8. The number of aromatic nitrogens is 2. The van der Waals surface area contributed by atoms with E-state index in [4.69, 9.17) is 0 Å². The number of nitrogens with one attached hydrogen (secondary N) is 1. The van der Waals surface area contributed by atoms with Gasteiger partial charge >= 0.3 is 0 Å². The number of carbonyl (C=O) groups excluding carboxylic acids is 1. The van der Waals surface area contributed by atoms with Crippen LogP contribution in [-0.2, 0) is 0 Å². The van der Waals surface area contributed by atoms with Gasteiger partial charge in [0, 0.05) is 38.3 Å². The molecule has 28 heavy (non-hydrogen) atoms. The van der Waals surface area contributed by atoms with E-state index in [1.54, 1.807) is 23.1 Å². The number of amides is 1. The van der Waals surface area contributed by atoms with Gasteiger partial charge in [0.1, 0.15) is 23.2 Å². The molecule has 1 saturated carbocycles. The van der Waals surface area contributed by atoms with E-state index in [9.17, 15) is 9.18 Å². The first kappa shape index (κ1) is 18.7. The third-order valence-electron chi connectivity index (χ3n) is 5.52. The molecule has 2 heterocycles. The van der Waals surface area contributed by atoms with Crippen molar-refractivity contribution in [1.29, 1.82) is 0 Å². The molecule has 7 heteroatoms. The van der Waals surface area contributed by atoms with Gasteiger partial charge in [-0.1, -0.05) is 25.0 Å². The second-order valence-electron chi connectivity index (χ2n) is 7.54. The lowest BCUT2D eigenvalue weighted by atomic mass is 10.2. The maximum absolute atomic E-state index is 14.0. The second kappa shape index (κ2) is 8.12. The maximum Gasteiger partial charge on any atom is 0.272 e. The molecule has 1 aliphatic heterocycles. The Bertz CT molecular complexity index is 844. The lowest BCUT2D eigenvalue weighted by Gasteiger charge is -2.36. The molecule has 0 unspecified atom stereocenters. The third-order valence-corrected chi connectivity index (χ3v) is 5.52. The van der Waals surface area contributed by atoms with Gasteiger partial charge in [-0.05, 0) is 31.9 Å². The van der Waals surface area contributed by atoms with E-state index in [2.05, 4.69) is 15.3 Å². The molecule has 1 aromatic heterocycles. The van der Waals surface area contributed by atoms with Gasteiger partial charge < -0.3 is 15.1 Å². The predicted octanol–water partition coefficient (Wildman–Crippen LogP) is 3.24. The van der Waals surface area contributed by atoms with E-state index in [0.29, 0.717) is 49.4 Å². The Balaban J connectivity index is 1.42. The lowest BCUT2D eigenvalue weighted by Crippen LogP contribution is -2.49. The summed E-state index contributed by atoms with van der Waals surface area (Å²) in [6, 6.07) is 8.96. The Morgan fingerprint density at radius 3 is 2.54 bits per heavy atom. The van der Waals surface area contributed by atoms with Crippen LogP contribution in [0.15, 0.2) is 30.3 Å². The minimum absolute atomic E-state index is 0.0897. The minimum atomic E-state index is -0.226. The number of rotatable bonds is 4. The summed E-state index contributed by atoms with van der Waals surface area (Å²) in [7, 11) is 0. The molecule has 2 aromatic rings. The number of nitrogens with zero attached hydrogens (tertiary/aromatic N) is 4. The Kier molecular flexibility index (Phi) is 5.41. The van der Waals surface area contributed by atoms with Crippen LogP contribution < -0.4 is 10.2 Å². The fraction of sp³-hybridized carbons (Fsp3) is 0.476. The van der Waals surface area contributed by atoms with Crippen LogP contribution in [0.2, 0.25) is 0 Å². The summed E-state index contributed by atoms with van der Waals surface area (Å²) < 4.78 is 14.0. The van der Waals surface area contributed by atoms with Gasteiger partial charge in [0.05, 0.1) is 5.69 Å². The summed E-state index contributed by atoms with van der Waals surface area (Å²) in [5.41, 5.74) is 1.02. The summed E-state index contributed by atoms with van der Waals surface area (Å²) in [4.78, 5) is 25.5. The molecular weight excluding hydrogens is 357 g/mol. The molecule has 6 nitrogen and oxygen atoms in total. The molecule has 148 valence electrons. The van der Waals surface area contributed by atoms with Crippen molar-refractivity contribution in [2.75, 3.05) is 36.4 Å². The van der Waals surface area contributed by atoms with Gasteiger partial charge in [0.15, 0.2) is 0 Å². The second-order valence-corrected chi connectivity index (χ2v) is 7.54. The smallest absolute Gasteiger partial charge is 0.272 e. The lowest BCUT2D eigenvalue weighted by molar-refractivity contribution is 0.0740. The number of piperazine rings is 1. The number of carbonyl (C=O) groups is 1. The zero-order valence-corrected chi connectivity index (χ0v) is 16.2. The van der Waals surface area contributed by atoms with Crippen molar-refractivity contribution in [3.63, 3.8) is 0 Å². The molecule has 0 radical (unpaired) electrons. The number of anilines is 2. The average molecular weight is 383 g/mol. The first-order valence-corrected chi connectivity index (χ1v) is 10.0. The monoisotopic (exact) mass is 383 g/mol. The molecular formula is C21H26FN5O. The summed E-state index contributed by atoms with van der Waals surface area (Å²) in [5, 5.41) is 3.44. The molecule has 0 atom stereocenters. The van der Waals surface area contributed by atoms with E-state index >= 15 is 0 Å². The van der Waals surface area contributed by atoms with Gasteiger partial charge in [0.25, 0.3) is 5.91 Å². The number of benzene rings is 1. The van der Waals surface area contributed by atoms with Crippen LogP contribution in [0.1, 0.15) is 42.0 Å². The first-order chi connectivity index (χ1) is 13.6. The Labute approximate surface area is 164 Å². The molecule has 2 aliphatic rings. The Hall–Kier alpha value is -2.70. The van der Waals surface area contributed by atoms with Gasteiger partial charge in [-0.3, -0.25) is 4.79 Å². The third kappa shape index (κ3) is 4.08. The van der Waals surface area contributed by atoms with E-state index < -0.39 is 0 Å². The fourth-order valence-electron chi connectivity index (χ4n) is 4.05. The molecule has 1 N–H and O–H groups in total.